The number of likely N-dealkylation sites (tertiary alicyclic amines) is 2. The normalized spacial score (nSPS) is 29.1. The number of nitrogens with zero attached hydrogens (tertiary/aromatic N) is 3. The van der Waals surface area contributed by atoms with Gasteiger partial charge in [0.2, 0.25) is 0 Å². The van der Waals surface area contributed by atoms with Crippen molar-refractivity contribution in [1.29, 1.82) is 0 Å². The van der Waals surface area contributed by atoms with Crippen LogP contribution in [-0.4, -0.2) is 59.2 Å². The molecule has 1 aromatic heterocycles. The first kappa shape index (κ1) is 16.3. The molecule has 5 rings (SSSR count). The van der Waals surface area contributed by atoms with Crippen LogP contribution in [0.15, 0.2) is 30.5 Å². The lowest BCUT2D eigenvalue weighted by Crippen LogP contribution is -2.37. The fraction of sp³-hybridized carbons (Fsp3) is 0.571. The molecule has 138 valence electrons. The van der Waals surface area contributed by atoms with E-state index >= 15 is 0 Å². The average molecular weight is 353 g/mol. The van der Waals surface area contributed by atoms with Gasteiger partial charge in [0, 0.05) is 56.7 Å². The largest absolute Gasteiger partial charge is 0.368 e. The van der Waals surface area contributed by atoms with Gasteiger partial charge in [0.25, 0.3) is 5.91 Å². The Morgan fingerprint density at radius 1 is 1.15 bits per heavy atom. The summed E-state index contributed by atoms with van der Waals surface area (Å²) in [5.74, 6) is 1.19. The van der Waals surface area contributed by atoms with E-state index < -0.39 is 0 Å². The number of carbonyl (C=O) groups is 1. The van der Waals surface area contributed by atoms with Gasteiger partial charge < -0.3 is 14.2 Å². The molecule has 5 nitrogen and oxygen atoms in total. The number of carbonyl (C=O) groups excluding carboxylic acids is 1. The average Bonchev–Trinajstić information content (AvgIpc) is 3.25. The molecule has 3 aliphatic rings. The number of rotatable bonds is 5. The standard InChI is InChI=1S/C21H27N3O2/c1-22-9-15(16-5-3-4-6-18(16)22)10-24-11-17-19(12-24)23(2)21(25)20(17)26-13-14-7-8-14/h3-6,9,14,17,19-20H,7-8,10-13H2,1-2H3/t17-,19+,20-/m0/s1. The Hall–Kier alpha value is -1.85. The van der Waals surface area contributed by atoms with Crippen molar-refractivity contribution >= 4 is 16.8 Å². The van der Waals surface area contributed by atoms with Gasteiger partial charge >= 0.3 is 0 Å². The summed E-state index contributed by atoms with van der Waals surface area (Å²) in [6, 6.07) is 8.87. The van der Waals surface area contributed by atoms with Crippen LogP contribution in [0.5, 0.6) is 0 Å². The van der Waals surface area contributed by atoms with Crippen molar-refractivity contribution in [2.75, 3.05) is 26.7 Å². The van der Waals surface area contributed by atoms with E-state index in [4.69, 9.17) is 4.74 Å². The molecule has 0 radical (unpaired) electrons. The Morgan fingerprint density at radius 3 is 2.77 bits per heavy atom. The van der Waals surface area contributed by atoms with Crippen LogP contribution in [0.2, 0.25) is 0 Å². The molecule has 3 atom stereocenters. The molecule has 0 N–H and O–H groups in total. The summed E-state index contributed by atoms with van der Waals surface area (Å²) >= 11 is 0. The van der Waals surface area contributed by atoms with E-state index in [9.17, 15) is 4.79 Å². The van der Waals surface area contributed by atoms with Crippen molar-refractivity contribution in [1.82, 2.24) is 14.4 Å². The minimum Gasteiger partial charge on any atom is -0.368 e. The Bertz CT molecular complexity index is 841. The Morgan fingerprint density at radius 2 is 1.96 bits per heavy atom. The van der Waals surface area contributed by atoms with Crippen LogP contribution in [0, 0.1) is 11.8 Å². The molecule has 3 fully saturated rings. The molecule has 2 saturated heterocycles. The van der Waals surface area contributed by atoms with E-state index in [2.05, 4.69) is 47.0 Å². The first-order valence-electron chi connectivity index (χ1n) is 9.75. The lowest BCUT2D eigenvalue weighted by Gasteiger charge is -2.22. The maximum Gasteiger partial charge on any atom is 0.252 e. The van der Waals surface area contributed by atoms with Crippen molar-refractivity contribution in [3.05, 3.63) is 36.0 Å². The topological polar surface area (TPSA) is 37.7 Å². The number of aryl methyl sites for hydroxylation is 1. The number of hydrogen-bond donors (Lipinski definition) is 0. The molecule has 1 aliphatic carbocycles. The van der Waals surface area contributed by atoms with E-state index in [1.165, 1.54) is 29.3 Å². The van der Waals surface area contributed by atoms with Gasteiger partial charge in [-0.25, -0.2) is 0 Å². The van der Waals surface area contributed by atoms with Crippen LogP contribution in [0.4, 0.5) is 0 Å². The van der Waals surface area contributed by atoms with Crippen molar-refractivity contribution in [2.24, 2.45) is 18.9 Å². The molecule has 5 heteroatoms. The van der Waals surface area contributed by atoms with Crippen LogP contribution >= 0.6 is 0 Å². The van der Waals surface area contributed by atoms with Gasteiger partial charge in [-0.2, -0.15) is 0 Å². The number of fused-ring (bicyclic) bond motifs is 2. The molecule has 2 aliphatic heterocycles. The molecule has 1 amide bonds. The molecule has 0 spiro atoms. The highest BCUT2D eigenvalue weighted by atomic mass is 16.5. The molecule has 3 heterocycles. The molecular weight excluding hydrogens is 326 g/mol. The summed E-state index contributed by atoms with van der Waals surface area (Å²) in [6.07, 6.45) is 4.54. The first-order valence-corrected chi connectivity index (χ1v) is 9.75. The molecular formula is C21H27N3O2. The predicted molar refractivity (Wildman–Crippen MR) is 101 cm³/mol. The Balaban J connectivity index is 1.32. The van der Waals surface area contributed by atoms with Gasteiger partial charge in [0.1, 0.15) is 6.10 Å². The fourth-order valence-corrected chi connectivity index (χ4v) is 4.79. The number of likely N-dealkylation sites (N-methyl/N-ethyl adjacent to an activating group) is 1. The first-order chi connectivity index (χ1) is 12.6. The number of amides is 1. The van der Waals surface area contributed by atoms with Crippen molar-refractivity contribution in [3.8, 4) is 0 Å². The summed E-state index contributed by atoms with van der Waals surface area (Å²) in [6.45, 7) is 3.58. The fourth-order valence-electron chi connectivity index (χ4n) is 4.79. The van der Waals surface area contributed by atoms with E-state index in [-0.39, 0.29) is 12.0 Å². The summed E-state index contributed by atoms with van der Waals surface area (Å²) in [4.78, 5) is 17.0. The molecule has 0 unspecified atom stereocenters. The third kappa shape index (κ3) is 2.65. The van der Waals surface area contributed by atoms with Gasteiger partial charge in [-0.1, -0.05) is 18.2 Å². The van der Waals surface area contributed by atoms with E-state index in [0.29, 0.717) is 17.9 Å². The highest BCUT2D eigenvalue weighted by Gasteiger charge is 2.51. The number of ether oxygens (including phenoxy) is 1. The third-order valence-corrected chi connectivity index (χ3v) is 6.47. The number of aromatic nitrogens is 1. The highest BCUT2D eigenvalue weighted by molar-refractivity contribution is 5.85. The van der Waals surface area contributed by atoms with Gasteiger partial charge in [0.05, 0.1) is 12.6 Å². The van der Waals surface area contributed by atoms with Crippen LogP contribution in [0.25, 0.3) is 10.9 Å². The smallest absolute Gasteiger partial charge is 0.252 e. The van der Waals surface area contributed by atoms with Crippen LogP contribution in [-0.2, 0) is 23.1 Å². The quantitative estimate of drug-likeness (QED) is 0.827. The van der Waals surface area contributed by atoms with Gasteiger partial charge in [0.15, 0.2) is 0 Å². The SMILES string of the molecule is CN1C(=O)[C@@H](OCC2CC2)[C@H]2CN(Cc3cn(C)c4ccccc34)C[C@H]21. The van der Waals surface area contributed by atoms with Crippen LogP contribution < -0.4 is 0 Å². The van der Waals surface area contributed by atoms with Crippen molar-refractivity contribution in [2.45, 2.75) is 31.5 Å². The highest BCUT2D eigenvalue weighted by Crippen LogP contribution is 2.37. The minimum absolute atomic E-state index is 0.186. The summed E-state index contributed by atoms with van der Waals surface area (Å²) in [5, 5.41) is 1.33. The van der Waals surface area contributed by atoms with Gasteiger partial charge in [-0.05, 0) is 30.4 Å². The predicted octanol–water partition coefficient (Wildman–Crippen LogP) is 2.25. The maximum atomic E-state index is 12.6. The van der Waals surface area contributed by atoms with Crippen LogP contribution in [0.3, 0.4) is 0 Å². The second-order valence-corrected chi connectivity index (χ2v) is 8.35. The number of para-hydroxylation sites is 1. The van der Waals surface area contributed by atoms with Crippen molar-refractivity contribution in [3.63, 3.8) is 0 Å². The maximum absolute atomic E-state index is 12.6. The lowest BCUT2D eigenvalue weighted by atomic mass is 10.0. The van der Waals surface area contributed by atoms with E-state index in [1.54, 1.807) is 0 Å². The van der Waals surface area contributed by atoms with Gasteiger partial charge in [-0.15, -0.1) is 0 Å². The summed E-state index contributed by atoms with van der Waals surface area (Å²) < 4.78 is 8.28. The van der Waals surface area contributed by atoms with E-state index in [0.717, 1.165) is 26.2 Å². The summed E-state index contributed by atoms with van der Waals surface area (Å²) in [5.41, 5.74) is 2.65. The molecule has 0 bridgehead atoms. The minimum atomic E-state index is -0.233. The van der Waals surface area contributed by atoms with Crippen LogP contribution in [0.1, 0.15) is 18.4 Å². The number of benzene rings is 1. The molecule has 2 aromatic rings. The molecule has 26 heavy (non-hydrogen) atoms. The zero-order chi connectivity index (χ0) is 17.8. The van der Waals surface area contributed by atoms with Crippen molar-refractivity contribution < 1.29 is 9.53 Å². The van der Waals surface area contributed by atoms with E-state index in [1.807, 2.05) is 11.9 Å². The molecule has 1 saturated carbocycles. The molecule has 1 aromatic carbocycles. The number of hydrogen-bond acceptors (Lipinski definition) is 3. The Kier molecular flexibility index (Phi) is 3.83. The monoisotopic (exact) mass is 353 g/mol. The van der Waals surface area contributed by atoms with Gasteiger partial charge in [-0.3, -0.25) is 9.69 Å². The lowest BCUT2D eigenvalue weighted by molar-refractivity contribution is -0.138. The second-order valence-electron chi connectivity index (χ2n) is 8.35. The Labute approximate surface area is 154 Å². The zero-order valence-electron chi connectivity index (χ0n) is 15.6. The second kappa shape index (κ2) is 6.10. The zero-order valence-corrected chi connectivity index (χ0v) is 15.6. The third-order valence-electron chi connectivity index (χ3n) is 6.47. The summed E-state index contributed by atoms with van der Waals surface area (Å²) in [7, 11) is 4.06.